The summed E-state index contributed by atoms with van der Waals surface area (Å²) in [7, 11) is 0. The summed E-state index contributed by atoms with van der Waals surface area (Å²) in [5.41, 5.74) is 2.28. The summed E-state index contributed by atoms with van der Waals surface area (Å²) in [6.45, 7) is 5.27. The van der Waals surface area contributed by atoms with E-state index < -0.39 is 0 Å². The van der Waals surface area contributed by atoms with Crippen LogP contribution < -0.4 is 10.6 Å². The maximum absolute atomic E-state index is 12.4. The fourth-order valence-corrected chi connectivity index (χ4v) is 3.66. The van der Waals surface area contributed by atoms with Gasteiger partial charge in [-0.25, -0.2) is 0 Å². The largest absolute Gasteiger partial charge is 0.444 e. The fourth-order valence-electron chi connectivity index (χ4n) is 3.66. The highest BCUT2D eigenvalue weighted by Gasteiger charge is 2.23. The molecule has 0 spiro atoms. The minimum atomic E-state index is -0.203. The van der Waals surface area contributed by atoms with Crippen LogP contribution in [0.15, 0.2) is 34.7 Å². The summed E-state index contributed by atoms with van der Waals surface area (Å²) >= 11 is 0. The third kappa shape index (κ3) is 5.71. The Labute approximate surface area is 177 Å². The predicted octanol–water partition coefficient (Wildman–Crippen LogP) is 2.92. The molecule has 0 atom stereocenters. The first-order valence-corrected chi connectivity index (χ1v) is 10.3. The molecule has 1 aliphatic heterocycles. The number of aryl methyl sites for hydroxylation is 2. The molecule has 2 aromatic rings. The van der Waals surface area contributed by atoms with Crippen LogP contribution in [0.3, 0.4) is 0 Å². The van der Waals surface area contributed by atoms with Crippen molar-refractivity contribution in [2.24, 2.45) is 0 Å². The van der Waals surface area contributed by atoms with E-state index in [0.29, 0.717) is 17.7 Å². The van der Waals surface area contributed by atoms with E-state index in [1.165, 1.54) is 0 Å². The van der Waals surface area contributed by atoms with Crippen LogP contribution in [-0.2, 0) is 16.0 Å². The summed E-state index contributed by atoms with van der Waals surface area (Å²) in [5.74, 6) is 0.719. The number of furan rings is 1. The van der Waals surface area contributed by atoms with Crippen molar-refractivity contribution in [1.82, 2.24) is 10.2 Å². The van der Waals surface area contributed by atoms with Crippen LogP contribution in [0.25, 0.3) is 0 Å². The van der Waals surface area contributed by atoms with Crippen molar-refractivity contribution in [3.8, 4) is 6.07 Å². The van der Waals surface area contributed by atoms with Crippen molar-refractivity contribution in [2.75, 3.05) is 25.0 Å². The molecular formula is C23H28N4O3. The van der Waals surface area contributed by atoms with Crippen molar-refractivity contribution in [3.05, 3.63) is 52.8 Å². The molecule has 1 aromatic carbocycles. The predicted molar refractivity (Wildman–Crippen MR) is 114 cm³/mol. The van der Waals surface area contributed by atoms with Crippen molar-refractivity contribution in [3.63, 3.8) is 0 Å². The van der Waals surface area contributed by atoms with Crippen LogP contribution in [0.4, 0.5) is 5.88 Å². The second kappa shape index (κ2) is 10.1. The molecule has 0 unspecified atom stereocenters. The van der Waals surface area contributed by atoms with Gasteiger partial charge in [-0.3, -0.25) is 19.8 Å². The molecule has 1 aliphatic rings. The Morgan fingerprint density at radius 2 is 1.87 bits per heavy atom. The highest BCUT2D eigenvalue weighted by Crippen LogP contribution is 2.25. The van der Waals surface area contributed by atoms with Gasteiger partial charge in [0, 0.05) is 31.1 Å². The van der Waals surface area contributed by atoms with Crippen molar-refractivity contribution >= 4 is 17.7 Å². The van der Waals surface area contributed by atoms with Crippen LogP contribution in [-0.4, -0.2) is 42.4 Å². The standard InChI is InChI=1S/C23H28N4O3/c1-16-17(2)30-23(20(16)14-24)26-22(29)15-27-12-10-19(11-13-27)25-21(28)9-8-18-6-4-3-5-7-18/h3-7,19H,8-13,15H2,1-2H3,(H,25,28)(H,26,29). The third-order valence-electron chi connectivity index (χ3n) is 5.55. The van der Waals surface area contributed by atoms with Gasteiger partial charge in [-0.15, -0.1) is 0 Å². The van der Waals surface area contributed by atoms with E-state index in [1.807, 2.05) is 30.3 Å². The first-order valence-electron chi connectivity index (χ1n) is 10.3. The molecular weight excluding hydrogens is 380 g/mol. The highest BCUT2D eigenvalue weighted by molar-refractivity contribution is 5.92. The number of benzene rings is 1. The first kappa shape index (κ1) is 21.6. The van der Waals surface area contributed by atoms with Crippen LogP contribution >= 0.6 is 0 Å². The lowest BCUT2D eigenvalue weighted by Crippen LogP contribution is -2.46. The molecule has 2 N–H and O–H groups in total. The monoisotopic (exact) mass is 408 g/mol. The number of nitrogens with zero attached hydrogens (tertiary/aromatic N) is 2. The zero-order valence-electron chi connectivity index (χ0n) is 17.5. The van der Waals surface area contributed by atoms with Crippen LogP contribution in [0.2, 0.25) is 0 Å². The molecule has 1 aromatic heterocycles. The Hall–Kier alpha value is -3.11. The normalized spacial score (nSPS) is 14.8. The molecule has 0 radical (unpaired) electrons. The number of rotatable bonds is 7. The van der Waals surface area contributed by atoms with E-state index in [2.05, 4.69) is 21.6 Å². The Morgan fingerprint density at radius 3 is 2.53 bits per heavy atom. The molecule has 2 amide bonds. The molecule has 0 aliphatic carbocycles. The molecule has 3 rings (SSSR count). The summed E-state index contributed by atoms with van der Waals surface area (Å²) in [6.07, 6.45) is 2.84. The van der Waals surface area contributed by atoms with Crippen LogP contribution in [0, 0.1) is 25.2 Å². The number of hydrogen-bond donors (Lipinski definition) is 2. The summed E-state index contributed by atoms with van der Waals surface area (Å²) < 4.78 is 5.49. The minimum Gasteiger partial charge on any atom is -0.444 e. The second-order valence-corrected chi connectivity index (χ2v) is 7.75. The number of nitrogens with one attached hydrogen (secondary N) is 2. The van der Waals surface area contributed by atoms with Gasteiger partial charge in [-0.1, -0.05) is 30.3 Å². The van der Waals surface area contributed by atoms with E-state index in [0.717, 1.165) is 43.5 Å². The number of carbonyl (C=O) groups is 2. The maximum atomic E-state index is 12.4. The average Bonchev–Trinajstić information content (AvgIpc) is 3.01. The lowest BCUT2D eigenvalue weighted by Gasteiger charge is -2.31. The molecule has 1 saturated heterocycles. The zero-order valence-corrected chi connectivity index (χ0v) is 17.5. The van der Waals surface area contributed by atoms with Gasteiger partial charge in [0.1, 0.15) is 17.4 Å². The van der Waals surface area contributed by atoms with Crippen molar-refractivity contribution < 1.29 is 14.0 Å². The third-order valence-corrected chi connectivity index (χ3v) is 5.55. The summed E-state index contributed by atoms with van der Waals surface area (Å²) in [4.78, 5) is 26.6. The number of anilines is 1. The van der Waals surface area contributed by atoms with E-state index in [4.69, 9.17) is 4.42 Å². The Bertz CT molecular complexity index is 922. The van der Waals surface area contributed by atoms with Crippen LogP contribution in [0.5, 0.6) is 0 Å². The van der Waals surface area contributed by atoms with Gasteiger partial charge < -0.3 is 9.73 Å². The summed E-state index contributed by atoms with van der Waals surface area (Å²) in [6, 6.07) is 12.2. The Morgan fingerprint density at radius 1 is 1.17 bits per heavy atom. The average molecular weight is 409 g/mol. The molecule has 1 fully saturated rings. The number of likely N-dealkylation sites (tertiary alicyclic amines) is 1. The number of carbonyl (C=O) groups excluding carboxylic acids is 2. The zero-order chi connectivity index (χ0) is 21.5. The topological polar surface area (TPSA) is 98.4 Å². The molecule has 7 nitrogen and oxygen atoms in total. The minimum absolute atomic E-state index is 0.0719. The van der Waals surface area contributed by atoms with Crippen LogP contribution in [0.1, 0.15) is 41.7 Å². The van der Waals surface area contributed by atoms with Gasteiger partial charge in [-0.05, 0) is 38.7 Å². The Kier molecular flexibility index (Phi) is 7.26. The van der Waals surface area contributed by atoms with Crippen molar-refractivity contribution in [1.29, 1.82) is 5.26 Å². The van der Waals surface area contributed by atoms with E-state index in [9.17, 15) is 14.9 Å². The van der Waals surface area contributed by atoms with Gasteiger partial charge in [0.25, 0.3) is 0 Å². The Balaban J connectivity index is 1.39. The quantitative estimate of drug-likeness (QED) is 0.734. The number of hydrogen-bond acceptors (Lipinski definition) is 5. The van der Waals surface area contributed by atoms with E-state index >= 15 is 0 Å². The van der Waals surface area contributed by atoms with E-state index in [1.54, 1.807) is 13.8 Å². The molecule has 30 heavy (non-hydrogen) atoms. The highest BCUT2D eigenvalue weighted by atomic mass is 16.4. The van der Waals surface area contributed by atoms with Gasteiger partial charge in [0.2, 0.25) is 17.7 Å². The fraction of sp³-hybridized carbons (Fsp3) is 0.435. The number of amides is 2. The van der Waals surface area contributed by atoms with Crippen molar-refractivity contribution in [2.45, 2.75) is 45.6 Å². The van der Waals surface area contributed by atoms with Gasteiger partial charge in [0.15, 0.2) is 0 Å². The number of nitriles is 1. The van der Waals surface area contributed by atoms with Gasteiger partial charge in [-0.2, -0.15) is 5.26 Å². The first-order chi connectivity index (χ1) is 14.5. The molecule has 0 bridgehead atoms. The lowest BCUT2D eigenvalue weighted by atomic mass is 10.0. The van der Waals surface area contributed by atoms with E-state index in [-0.39, 0.29) is 30.3 Å². The molecule has 2 heterocycles. The second-order valence-electron chi connectivity index (χ2n) is 7.75. The SMILES string of the molecule is Cc1oc(NC(=O)CN2CCC(NC(=O)CCc3ccccc3)CC2)c(C#N)c1C. The van der Waals surface area contributed by atoms with Gasteiger partial charge >= 0.3 is 0 Å². The lowest BCUT2D eigenvalue weighted by molar-refractivity contribution is -0.122. The molecule has 7 heteroatoms. The summed E-state index contributed by atoms with van der Waals surface area (Å²) in [5, 5.41) is 15.1. The maximum Gasteiger partial charge on any atom is 0.240 e. The van der Waals surface area contributed by atoms with Gasteiger partial charge in [0.05, 0.1) is 6.54 Å². The number of piperidine rings is 1. The smallest absolute Gasteiger partial charge is 0.240 e. The molecule has 158 valence electrons. The molecule has 0 saturated carbocycles.